The van der Waals surface area contributed by atoms with Crippen molar-refractivity contribution in [3.8, 4) is 0 Å². The second-order valence-electron chi connectivity index (χ2n) is 4.04. The first-order chi connectivity index (χ1) is 6.92. The zero-order chi connectivity index (χ0) is 9.38. The molecule has 14 heavy (non-hydrogen) atoms. The zero-order valence-corrected chi connectivity index (χ0v) is 8.08. The molecular weight excluding hydrogens is 176 g/mol. The fourth-order valence-electron chi connectivity index (χ4n) is 2.27. The van der Waals surface area contributed by atoms with Crippen LogP contribution in [0, 0.1) is 0 Å². The number of aromatic nitrogens is 2. The lowest BCUT2D eigenvalue weighted by atomic mass is 10.2. The van der Waals surface area contributed by atoms with Crippen LogP contribution in [0.25, 0.3) is 0 Å². The Morgan fingerprint density at radius 3 is 2.71 bits per heavy atom. The van der Waals surface area contributed by atoms with Crippen molar-refractivity contribution in [2.24, 2.45) is 0 Å². The van der Waals surface area contributed by atoms with Crippen LogP contribution in [0.2, 0.25) is 0 Å². The molecule has 2 aliphatic heterocycles. The Hall–Kier alpha value is -1.13. The van der Waals surface area contributed by atoms with Gasteiger partial charge in [-0.1, -0.05) is 0 Å². The Kier molecular flexibility index (Phi) is 1.89. The normalized spacial score (nSPS) is 22.0. The molecule has 0 fully saturated rings. The van der Waals surface area contributed by atoms with Crippen molar-refractivity contribution in [3.63, 3.8) is 0 Å². The van der Waals surface area contributed by atoms with Gasteiger partial charge in [0, 0.05) is 44.6 Å². The smallest absolute Gasteiger partial charge is 0.0492 e. The third-order valence-corrected chi connectivity index (χ3v) is 2.96. The minimum Gasteiger partial charge on any atom is -0.309 e. The van der Waals surface area contributed by atoms with E-state index in [9.17, 15) is 0 Å². The maximum Gasteiger partial charge on any atom is 0.0492 e. The van der Waals surface area contributed by atoms with Crippen molar-refractivity contribution in [2.75, 3.05) is 26.2 Å². The van der Waals surface area contributed by atoms with Crippen molar-refractivity contribution in [3.05, 3.63) is 29.1 Å². The summed E-state index contributed by atoms with van der Waals surface area (Å²) in [5.74, 6) is 0. The van der Waals surface area contributed by atoms with Gasteiger partial charge >= 0.3 is 0 Å². The SMILES string of the molecule is c1cc(CN2CC3=C(CNC3)C2)[nH]n1. The highest BCUT2D eigenvalue weighted by molar-refractivity contribution is 5.29. The average molecular weight is 190 g/mol. The predicted octanol–water partition coefficient (Wildman–Crippen LogP) is 0.125. The van der Waals surface area contributed by atoms with Crippen LogP contribution in [-0.4, -0.2) is 41.3 Å². The lowest BCUT2D eigenvalue weighted by Crippen LogP contribution is -2.26. The summed E-state index contributed by atoms with van der Waals surface area (Å²) >= 11 is 0. The van der Waals surface area contributed by atoms with E-state index < -0.39 is 0 Å². The van der Waals surface area contributed by atoms with Crippen LogP contribution in [0.4, 0.5) is 0 Å². The molecule has 0 spiro atoms. The first-order valence-electron chi connectivity index (χ1n) is 5.03. The predicted molar refractivity (Wildman–Crippen MR) is 53.8 cm³/mol. The van der Waals surface area contributed by atoms with E-state index in [1.54, 1.807) is 11.1 Å². The van der Waals surface area contributed by atoms with Crippen molar-refractivity contribution >= 4 is 0 Å². The third-order valence-electron chi connectivity index (χ3n) is 2.96. The van der Waals surface area contributed by atoms with Crippen LogP contribution < -0.4 is 5.32 Å². The Labute approximate surface area is 83.0 Å². The van der Waals surface area contributed by atoms with Gasteiger partial charge in [0.2, 0.25) is 0 Å². The van der Waals surface area contributed by atoms with E-state index in [2.05, 4.69) is 20.4 Å². The number of aromatic amines is 1. The highest BCUT2D eigenvalue weighted by Crippen LogP contribution is 2.21. The van der Waals surface area contributed by atoms with E-state index >= 15 is 0 Å². The molecule has 0 radical (unpaired) electrons. The molecule has 0 saturated heterocycles. The fourth-order valence-corrected chi connectivity index (χ4v) is 2.27. The highest BCUT2D eigenvalue weighted by Gasteiger charge is 2.24. The number of rotatable bonds is 2. The molecule has 0 bridgehead atoms. The summed E-state index contributed by atoms with van der Waals surface area (Å²) in [6.07, 6.45) is 1.81. The van der Waals surface area contributed by atoms with E-state index in [1.165, 1.54) is 5.69 Å². The Morgan fingerprint density at radius 1 is 1.29 bits per heavy atom. The Balaban J connectivity index is 1.63. The number of hydrogen-bond donors (Lipinski definition) is 2. The first-order valence-corrected chi connectivity index (χ1v) is 5.03. The topological polar surface area (TPSA) is 44.0 Å². The van der Waals surface area contributed by atoms with Gasteiger partial charge in [0.05, 0.1) is 0 Å². The maximum absolute atomic E-state index is 3.96. The van der Waals surface area contributed by atoms with Crippen molar-refractivity contribution in [1.29, 1.82) is 0 Å². The molecule has 3 heterocycles. The van der Waals surface area contributed by atoms with Crippen LogP contribution in [0.15, 0.2) is 23.4 Å². The Morgan fingerprint density at radius 2 is 2.07 bits per heavy atom. The van der Waals surface area contributed by atoms with Gasteiger partial charge in [0.25, 0.3) is 0 Å². The van der Waals surface area contributed by atoms with Crippen LogP contribution >= 0.6 is 0 Å². The molecule has 1 aromatic heterocycles. The molecule has 4 heteroatoms. The van der Waals surface area contributed by atoms with Gasteiger partial charge in [-0.2, -0.15) is 5.10 Å². The second kappa shape index (κ2) is 3.22. The van der Waals surface area contributed by atoms with Gasteiger partial charge < -0.3 is 5.32 Å². The minimum absolute atomic E-state index is 0.993. The highest BCUT2D eigenvalue weighted by atomic mass is 15.2. The van der Waals surface area contributed by atoms with E-state index in [1.807, 2.05) is 12.3 Å². The van der Waals surface area contributed by atoms with Crippen LogP contribution in [0.3, 0.4) is 0 Å². The molecule has 74 valence electrons. The molecule has 1 aromatic rings. The van der Waals surface area contributed by atoms with Crippen LogP contribution in [0.5, 0.6) is 0 Å². The molecule has 0 amide bonds. The summed E-state index contributed by atoms with van der Waals surface area (Å²) < 4.78 is 0. The molecule has 0 aromatic carbocycles. The third kappa shape index (κ3) is 1.36. The molecule has 0 aliphatic carbocycles. The van der Waals surface area contributed by atoms with Crippen LogP contribution in [-0.2, 0) is 6.54 Å². The van der Waals surface area contributed by atoms with Gasteiger partial charge in [-0.3, -0.25) is 10.00 Å². The van der Waals surface area contributed by atoms with E-state index in [-0.39, 0.29) is 0 Å². The molecular formula is C10H14N4. The molecule has 3 rings (SSSR count). The fraction of sp³-hybridized carbons (Fsp3) is 0.500. The first kappa shape index (κ1) is 8.20. The van der Waals surface area contributed by atoms with Crippen LogP contribution in [0.1, 0.15) is 5.69 Å². The van der Waals surface area contributed by atoms with E-state index in [0.717, 1.165) is 32.7 Å². The largest absolute Gasteiger partial charge is 0.309 e. The lowest BCUT2D eigenvalue weighted by Gasteiger charge is -2.16. The van der Waals surface area contributed by atoms with Crippen molar-refractivity contribution in [1.82, 2.24) is 20.4 Å². The second-order valence-corrected chi connectivity index (χ2v) is 4.04. The van der Waals surface area contributed by atoms with Crippen molar-refractivity contribution in [2.45, 2.75) is 6.54 Å². The number of nitrogens with zero attached hydrogens (tertiary/aromatic N) is 2. The summed E-state index contributed by atoms with van der Waals surface area (Å²) in [6.45, 7) is 5.43. The summed E-state index contributed by atoms with van der Waals surface area (Å²) in [7, 11) is 0. The summed E-state index contributed by atoms with van der Waals surface area (Å²) in [5.41, 5.74) is 4.41. The van der Waals surface area contributed by atoms with Gasteiger partial charge in [0.15, 0.2) is 0 Å². The van der Waals surface area contributed by atoms with E-state index in [0.29, 0.717) is 0 Å². The van der Waals surface area contributed by atoms with Gasteiger partial charge in [-0.25, -0.2) is 0 Å². The quantitative estimate of drug-likeness (QED) is 0.651. The molecule has 0 unspecified atom stereocenters. The maximum atomic E-state index is 3.96. The minimum atomic E-state index is 0.993. The Bertz CT molecular complexity index is 336. The lowest BCUT2D eigenvalue weighted by molar-refractivity contribution is 0.326. The molecule has 0 saturated carbocycles. The summed E-state index contributed by atoms with van der Waals surface area (Å²) in [6, 6.07) is 2.04. The summed E-state index contributed by atoms with van der Waals surface area (Å²) in [5, 5.41) is 10.3. The molecule has 2 N–H and O–H groups in total. The van der Waals surface area contributed by atoms with Crippen molar-refractivity contribution < 1.29 is 0 Å². The van der Waals surface area contributed by atoms with Gasteiger partial charge in [-0.05, 0) is 17.2 Å². The summed E-state index contributed by atoms with van der Waals surface area (Å²) in [4.78, 5) is 2.46. The average Bonchev–Trinajstić information content (AvgIpc) is 2.78. The number of nitrogens with one attached hydrogen (secondary N) is 2. The van der Waals surface area contributed by atoms with Gasteiger partial charge in [0.1, 0.15) is 0 Å². The molecule has 0 atom stereocenters. The standard InChI is InChI=1S/C10H14N4/c1-2-12-13-10(1)7-14-5-8-3-11-4-9(8)6-14/h1-2,11H,3-7H2,(H,12,13). The number of hydrogen-bond acceptors (Lipinski definition) is 3. The number of H-pyrrole nitrogens is 1. The van der Waals surface area contributed by atoms with Gasteiger partial charge in [-0.15, -0.1) is 0 Å². The molecule has 4 nitrogen and oxygen atoms in total. The zero-order valence-electron chi connectivity index (χ0n) is 8.08. The molecule has 2 aliphatic rings. The van der Waals surface area contributed by atoms with E-state index in [4.69, 9.17) is 0 Å². The monoisotopic (exact) mass is 190 g/mol.